The Morgan fingerprint density at radius 1 is 1.14 bits per heavy atom. The molecule has 0 saturated heterocycles. The summed E-state index contributed by atoms with van der Waals surface area (Å²) in [6, 6.07) is 13.0. The van der Waals surface area contributed by atoms with E-state index in [-0.39, 0.29) is 17.9 Å². The normalized spacial score (nSPS) is 10.9. The van der Waals surface area contributed by atoms with Crippen molar-refractivity contribution in [3.8, 4) is 5.82 Å². The molecule has 0 unspecified atom stereocenters. The predicted molar refractivity (Wildman–Crippen MR) is 106 cm³/mol. The van der Waals surface area contributed by atoms with Gasteiger partial charge in [-0.25, -0.2) is 9.97 Å². The van der Waals surface area contributed by atoms with E-state index in [1.807, 2.05) is 54.1 Å². The van der Waals surface area contributed by atoms with Crippen LogP contribution in [0.3, 0.4) is 0 Å². The molecule has 4 rings (SSSR count). The maximum Gasteiger partial charge on any atom is 0.252 e. The van der Waals surface area contributed by atoms with Crippen molar-refractivity contribution >= 4 is 16.8 Å². The van der Waals surface area contributed by atoms with Gasteiger partial charge in [0.05, 0.1) is 6.42 Å². The molecule has 0 fully saturated rings. The maximum atomic E-state index is 12.3. The highest BCUT2D eigenvalue weighted by molar-refractivity contribution is 5.82. The van der Waals surface area contributed by atoms with Crippen molar-refractivity contribution in [3.63, 3.8) is 0 Å². The summed E-state index contributed by atoms with van der Waals surface area (Å²) in [5, 5.41) is 3.77. The van der Waals surface area contributed by atoms with Crippen molar-refractivity contribution in [2.75, 3.05) is 0 Å². The van der Waals surface area contributed by atoms with Crippen molar-refractivity contribution in [2.45, 2.75) is 19.9 Å². The highest BCUT2D eigenvalue weighted by atomic mass is 16.2. The van der Waals surface area contributed by atoms with Gasteiger partial charge in [-0.2, -0.15) is 0 Å². The third kappa shape index (κ3) is 3.68. The van der Waals surface area contributed by atoms with Gasteiger partial charge in [0.25, 0.3) is 5.56 Å². The summed E-state index contributed by atoms with van der Waals surface area (Å²) in [6.45, 7) is 2.25. The first-order valence-corrected chi connectivity index (χ1v) is 8.93. The number of carbonyl (C=O) groups is 1. The van der Waals surface area contributed by atoms with Crippen LogP contribution in [0.5, 0.6) is 0 Å². The Balaban J connectivity index is 1.45. The number of para-hydroxylation sites is 1. The van der Waals surface area contributed by atoms with Crippen LogP contribution in [0.4, 0.5) is 0 Å². The summed E-state index contributed by atoms with van der Waals surface area (Å²) >= 11 is 0. The van der Waals surface area contributed by atoms with Crippen LogP contribution in [0, 0.1) is 6.92 Å². The second-order valence-electron chi connectivity index (χ2n) is 6.53. The van der Waals surface area contributed by atoms with Crippen LogP contribution < -0.4 is 10.9 Å². The van der Waals surface area contributed by atoms with E-state index in [0.717, 1.165) is 28.1 Å². The molecule has 0 bridgehead atoms. The fourth-order valence-electron chi connectivity index (χ4n) is 3.08. The van der Waals surface area contributed by atoms with E-state index in [0.29, 0.717) is 12.1 Å². The number of nitrogens with one attached hydrogen (secondary N) is 2. The molecule has 3 aromatic heterocycles. The van der Waals surface area contributed by atoms with E-state index in [4.69, 9.17) is 0 Å². The minimum atomic E-state index is -0.240. The molecule has 3 heterocycles. The number of fused-ring (bicyclic) bond motifs is 1. The van der Waals surface area contributed by atoms with E-state index in [1.165, 1.54) is 0 Å². The number of aromatic nitrogens is 4. The summed E-state index contributed by atoms with van der Waals surface area (Å²) in [5.74, 6) is 1.37. The number of H-pyrrole nitrogens is 1. The van der Waals surface area contributed by atoms with Gasteiger partial charge in [0.15, 0.2) is 0 Å². The largest absolute Gasteiger partial charge is 0.352 e. The molecular formula is C21H19N5O2. The molecule has 1 aromatic carbocycles. The van der Waals surface area contributed by atoms with Crippen LogP contribution in [-0.4, -0.2) is 25.4 Å². The number of rotatable bonds is 5. The van der Waals surface area contributed by atoms with Crippen LogP contribution in [0.2, 0.25) is 0 Å². The Morgan fingerprint density at radius 3 is 2.82 bits per heavy atom. The smallest absolute Gasteiger partial charge is 0.252 e. The number of hydrogen-bond acceptors (Lipinski definition) is 4. The lowest BCUT2D eigenvalue weighted by molar-refractivity contribution is -0.120. The maximum absolute atomic E-state index is 12.3. The van der Waals surface area contributed by atoms with Crippen LogP contribution in [0.1, 0.15) is 17.0 Å². The van der Waals surface area contributed by atoms with Gasteiger partial charge < -0.3 is 10.3 Å². The zero-order valence-electron chi connectivity index (χ0n) is 15.3. The van der Waals surface area contributed by atoms with Crippen molar-refractivity contribution in [1.82, 2.24) is 24.8 Å². The van der Waals surface area contributed by atoms with Gasteiger partial charge in [0, 0.05) is 36.2 Å². The molecule has 0 spiro atoms. The first kappa shape index (κ1) is 17.7. The molecule has 0 saturated carbocycles. The lowest BCUT2D eigenvalue weighted by atomic mass is 10.1. The number of pyridine rings is 2. The van der Waals surface area contributed by atoms with E-state index < -0.39 is 0 Å². The average Bonchev–Trinajstić information content (AvgIpc) is 3.13. The number of nitrogens with zero attached hydrogens (tertiary/aromatic N) is 3. The zero-order valence-corrected chi connectivity index (χ0v) is 15.3. The molecule has 0 atom stereocenters. The third-order valence-electron chi connectivity index (χ3n) is 4.55. The van der Waals surface area contributed by atoms with Crippen LogP contribution in [-0.2, 0) is 17.8 Å². The molecule has 7 heteroatoms. The zero-order chi connectivity index (χ0) is 19.5. The van der Waals surface area contributed by atoms with Crippen molar-refractivity contribution in [3.05, 3.63) is 88.4 Å². The Hall–Kier alpha value is -3.74. The van der Waals surface area contributed by atoms with Gasteiger partial charge in [0.1, 0.15) is 11.6 Å². The number of aromatic amines is 1. The molecule has 1 amide bonds. The molecule has 0 aliphatic heterocycles. The SMILES string of the molecule is Cc1nccn1-c1cc(CNC(=O)Cc2cc3ccccc3[nH]c2=O)ccn1. The second kappa shape index (κ2) is 7.48. The number of imidazole rings is 1. The topological polar surface area (TPSA) is 92.7 Å². The summed E-state index contributed by atoms with van der Waals surface area (Å²) < 4.78 is 1.87. The van der Waals surface area contributed by atoms with Crippen LogP contribution >= 0.6 is 0 Å². The summed E-state index contributed by atoms with van der Waals surface area (Å²) in [6.07, 6.45) is 5.28. The minimum absolute atomic E-state index is 0.0265. The van der Waals surface area contributed by atoms with Gasteiger partial charge >= 0.3 is 0 Å². The molecule has 0 aliphatic carbocycles. The van der Waals surface area contributed by atoms with E-state index in [1.54, 1.807) is 18.5 Å². The van der Waals surface area contributed by atoms with Gasteiger partial charge in [-0.1, -0.05) is 18.2 Å². The predicted octanol–water partition coefficient (Wildman–Crippen LogP) is 2.28. The first-order chi connectivity index (χ1) is 13.6. The number of hydrogen-bond donors (Lipinski definition) is 2. The van der Waals surface area contributed by atoms with E-state index in [2.05, 4.69) is 20.3 Å². The van der Waals surface area contributed by atoms with Crippen molar-refractivity contribution in [2.24, 2.45) is 0 Å². The highest BCUT2D eigenvalue weighted by Crippen LogP contribution is 2.11. The van der Waals surface area contributed by atoms with Crippen LogP contribution in [0.15, 0.2) is 65.8 Å². The average molecular weight is 373 g/mol. The Labute approximate surface area is 161 Å². The quantitative estimate of drug-likeness (QED) is 0.561. The number of amides is 1. The highest BCUT2D eigenvalue weighted by Gasteiger charge is 2.09. The van der Waals surface area contributed by atoms with Gasteiger partial charge in [0.2, 0.25) is 5.91 Å². The molecular weight excluding hydrogens is 354 g/mol. The molecule has 0 aliphatic rings. The lowest BCUT2D eigenvalue weighted by Crippen LogP contribution is -2.27. The number of carbonyl (C=O) groups excluding carboxylic acids is 1. The van der Waals surface area contributed by atoms with Crippen molar-refractivity contribution in [1.29, 1.82) is 0 Å². The molecule has 7 nitrogen and oxygen atoms in total. The molecule has 28 heavy (non-hydrogen) atoms. The summed E-state index contributed by atoms with van der Waals surface area (Å²) in [7, 11) is 0. The first-order valence-electron chi connectivity index (χ1n) is 8.93. The van der Waals surface area contributed by atoms with Crippen molar-refractivity contribution < 1.29 is 4.79 Å². The van der Waals surface area contributed by atoms with Gasteiger partial charge in [-0.15, -0.1) is 0 Å². The molecule has 0 radical (unpaired) electrons. The monoisotopic (exact) mass is 373 g/mol. The molecule has 140 valence electrons. The Bertz CT molecular complexity index is 1210. The van der Waals surface area contributed by atoms with E-state index >= 15 is 0 Å². The fourth-order valence-corrected chi connectivity index (χ4v) is 3.08. The lowest BCUT2D eigenvalue weighted by Gasteiger charge is -2.08. The van der Waals surface area contributed by atoms with Gasteiger partial charge in [-0.05, 0) is 42.1 Å². The molecule has 4 aromatic rings. The Morgan fingerprint density at radius 2 is 2.00 bits per heavy atom. The standard InChI is InChI=1S/C21H19N5O2/c1-14-22-8-9-26(14)19-10-15(6-7-23-19)13-24-20(27)12-17-11-16-4-2-3-5-18(16)25-21(17)28/h2-11H,12-13H2,1H3,(H,24,27)(H,25,28). The minimum Gasteiger partial charge on any atom is -0.352 e. The molecule has 2 N–H and O–H groups in total. The van der Waals surface area contributed by atoms with E-state index in [9.17, 15) is 9.59 Å². The third-order valence-corrected chi connectivity index (χ3v) is 4.55. The Kier molecular flexibility index (Phi) is 4.72. The van der Waals surface area contributed by atoms with Gasteiger partial charge in [-0.3, -0.25) is 14.2 Å². The summed E-state index contributed by atoms with van der Waals surface area (Å²) in [4.78, 5) is 35.9. The second-order valence-corrected chi connectivity index (χ2v) is 6.53. The van der Waals surface area contributed by atoms with Crippen LogP contribution in [0.25, 0.3) is 16.7 Å². The fraction of sp³-hybridized carbons (Fsp3) is 0.143. The number of aryl methyl sites for hydroxylation is 1. The number of benzene rings is 1. The summed E-state index contributed by atoms with van der Waals surface area (Å²) in [5.41, 5.74) is 1.88.